The van der Waals surface area contributed by atoms with Gasteiger partial charge in [-0.05, 0) is 33.3 Å². The molecule has 3 aromatic rings. The Hall–Kier alpha value is -2.28. The van der Waals surface area contributed by atoms with Crippen molar-refractivity contribution >= 4 is 5.65 Å². The second-order valence-corrected chi connectivity index (χ2v) is 5.75. The van der Waals surface area contributed by atoms with Gasteiger partial charge in [-0.25, -0.2) is 9.50 Å². The summed E-state index contributed by atoms with van der Waals surface area (Å²) < 4.78 is 12.7. The summed E-state index contributed by atoms with van der Waals surface area (Å²) in [6.45, 7) is 7.32. The van der Waals surface area contributed by atoms with E-state index < -0.39 is 0 Å². The Labute approximate surface area is 127 Å². The van der Waals surface area contributed by atoms with Crippen LogP contribution >= 0.6 is 0 Å². The molecule has 0 aliphatic carbocycles. The van der Waals surface area contributed by atoms with E-state index in [9.17, 15) is 0 Å². The van der Waals surface area contributed by atoms with Gasteiger partial charge in [0.05, 0.1) is 12.3 Å². The normalized spacial score (nSPS) is 18.4. The number of hydrogen-bond donors (Lipinski definition) is 0. The number of aryl methyl sites for hydroxylation is 3. The molecule has 7 nitrogen and oxygen atoms in total. The molecular weight excluding hydrogens is 282 g/mol. The topological polar surface area (TPSA) is 78.3 Å². The molecule has 0 bridgehead atoms. The Morgan fingerprint density at radius 1 is 1.23 bits per heavy atom. The van der Waals surface area contributed by atoms with E-state index in [-0.39, 0.29) is 5.92 Å². The highest BCUT2D eigenvalue weighted by Crippen LogP contribution is 2.29. The number of fused-ring (bicyclic) bond motifs is 1. The highest BCUT2D eigenvalue weighted by Gasteiger charge is 2.26. The van der Waals surface area contributed by atoms with Gasteiger partial charge in [0.15, 0.2) is 11.5 Å². The maximum atomic E-state index is 5.48. The monoisotopic (exact) mass is 299 g/mol. The zero-order chi connectivity index (χ0) is 15.3. The lowest BCUT2D eigenvalue weighted by Gasteiger charge is -2.00. The van der Waals surface area contributed by atoms with Crippen LogP contribution < -0.4 is 0 Å². The summed E-state index contributed by atoms with van der Waals surface area (Å²) in [7, 11) is 0. The molecule has 1 fully saturated rings. The van der Waals surface area contributed by atoms with Crippen LogP contribution in [0.1, 0.15) is 35.2 Å². The predicted octanol–water partition coefficient (Wildman–Crippen LogP) is 2.21. The van der Waals surface area contributed by atoms with Crippen LogP contribution in [0.3, 0.4) is 0 Å². The van der Waals surface area contributed by atoms with E-state index in [4.69, 9.17) is 9.26 Å². The minimum Gasteiger partial charge on any atom is -0.381 e. The van der Waals surface area contributed by atoms with Gasteiger partial charge in [-0.3, -0.25) is 0 Å². The minimum absolute atomic E-state index is 0.219. The van der Waals surface area contributed by atoms with Gasteiger partial charge in [-0.1, -0.05) is 5.16 Å². The zero-order valence-electron chi connectivity index (χ0n) is 12.8. The summed E-state index contributed by atoms with van der Waals surface area (Å²) in [5.74, 6) is 1.40. The smallest absolute Gasteiger partial charge is 0.263 e. The highest BCUT2D eigenvalue weighted by atomic mass is 16.5. The Bertz CT molecular complexity index is 845. The van der Waals surface area contributed by atoms with Gasteiger partial charge in [0.1, 0.15) is 5.56 Å². The Morgan fingerprint density at radius 3 is 2.86 bits per heavy atom. The summed E-state index contributed by atoms with van der Waals surface area (Å²) in [4.78, 5) is 9.14. The molecule has 4 heterocycles. The third kappa shape index (κ3) is 2.00. The Balaban J connectivity index is 1.85. The first kappa shape index (κ1) is 13.4. The first-order chi connectivity index (χ1) is 10.6. The third-order valence-corrected chi connectivity index (χ3v) is 4.02. The van der Waals surface area contributed by atoms with Gasteiger partial charge in [-0.2, -0.15) is 10.1 Å². The lowest BCUT2D eigenvalue weighted by atomic mass is 10.1. The van der Waals surface area contributed by atoms with Gasteiger partial charge in [0.2, 0.25) is 0 Å². The average molecular weight is 299 g/mol. The summed E-state index contributed by atoms with van der Waals surface area (Å²) in [6, 6.07) is 2.00. The average Bonchev–Trinajstić information content (AvgIpc) is 3.16. The molecule has 1 aliphatic rings. The standard InChI is InChI=1S/C15H17N5O2/c1-8-6-9(2)20-14(16-8)12(10(3)18-20)15-17-13(19-22-15)11-4-5-21-7-11/h6,11H,4-5,7H2,1-3H3/t11-/m0/s1. The number of nitrogens with zero attached hydrogens (tertiary/aromatic N) is 5. The van der Waals surface area contributed by atoms with Gasteiger partial charge < -0.3 is 9.26 Å². The predicted molar refractivity (Wildman–Crippen MR) is 78.7 cm³/mol. The lowest BCUT2D eigenvalue weighted by Crippen LogP contribution is -1.99. The fraction of sp³-hybridized carbons (Fsp3) is 0.467. The third-order valence-electron chi connectivity index (χ3n) is 4.02. The Morgan fingerprint density at radius 2 is 2.09 bits per heavy atom. The molecule has 0 spiro atoms. The van der Waals surface area contributed by atoms with E-state index in [1.807, 2.05) is 31.4 Å². The molecule has 1 saturated heterocycles. The SMILES string of the molecule is Cc1cc(C)n2nc(C)c(-c3nc([C@H]4CCOC4)no3)c2n1. The number of aromatic nitrogens is 5. The van der Waals surface area contributed by atoms with Crippen molar-refractivity contribution in [3.05, 3.63) is 29.0 Å². The van der Waals surface area contributed by atoms with E-state index in [1.165, 1.54) is 0 Å². The van der Waals surface area contributed by atoms with Crippen LogP contribution in [-0.2, 0) is 4.74 Å². The van der Waals surface area contributed by atoms with E-state index >= 15 is 0 Å². The molecule has 1 aliphatic heterocycles. The van der Waals surface area contributed by atoms with Crippen LogP contribution in [0, 0.1) is 20.8 Å². The molecular formula is C15H17N5O2. The molecule has 0 amide bonds. The molecule has 0 saturated carbocycles. The van der Waals surface area contributed by atoms with Gasteiger partial charge >= 0.3 is 0 Å². The van der Waals surface area contributed by atoms with Crippen LogP contribution in [0.2, 0.25) is 0 Å². The van der Waals surface area contributed by atoms with Crippen LogP contribution in [-0.4, -0.2) is 38.0 Å². The van der Waals surface area contributed by atoms with Gasteiger partial charge in [0, 0.05) is 23.9 Å². The van der Waals surface area contributed by atoms with Crippen molar-refractivity contribution < 1.29 is 9.26 Å². The summed E-state index contributed by atoms with van der Waals surface area (Å²) in [5.41, 5.74) is 4.37. The fourth-order valence-corrected chi connectivity index (χ4v) is 2.92. The minimum atomic E-state index is 0.219. The molecule has 0 N–H and O–H groups in total. The fourth-order valence-electron chi connectivity index (χ4n) is 2.92. The molecule has 3 aromatic heterocycles. The molecule has 22 heavy (non-hydrogen) atoms. The van der Waals surface area contributed by atoms with E-state index in [1.54, 1.807) is 0 Å². The summed E-state index contributed by atoms with van der Waals surface area (Å²) in [5, 5.41) is 8.65. The van der Waals surface area contributed by atoms with Gasteiger partial charge in [0.25, 0.3) is 5.89 Å². The summed E-state index contributed by atoms with van der Waals surface area (Å²) >= 11 is 0. The first-order valence-corrected chi connectivity index (χ1v) is 7.39. The van der Waals surface area contributed by atoms with E-state index in [0.717, 1.165) is 41.3 Å². The van der Waals surface area contributed by atoms with Gasteiger partial charge in [-0.15, -0.1) is 0 Å². The van der Waals surface area contributed by atoms with Crippen LogP contribution in [0.25, 0.3) is 17.1 Å². The number of hydrogen-bond acceptors (Lipinski definition) is 6. The second-order valence-electron chi connectivity index (χ2n) is 5.75. The molecule has 7 heteroatoms. The molecule has 0 aromatic carbocycles. The molecule has 0 unspecified atom stereocenters. The maximum Gasteiger partial charge on any atom is 0.263 e. The summed E-state index contributed by atoms with van der Waals surface area (Å²) in [6.07, 6.45) is 0.934. The molecule has 1 atom stereocenters. The second kappa shape index (κ2) is 4.88. The largest absolute Gasteiger partial charge is 0.381 e. The van der Waals surface area contributed by atoms with Crippen molar-refractivity contribution in [2.75, 3.05) is 13.2 Å². The van der Waals surface area contributed by atoms with Crippen LogP contribution in [0.15, 0.2) is 10.6 Å². The quantitative estimate of drug-likeness (QED) is 0.722. The van der Waals surface area contributed by atoms with Crippen molar-refractivity contribution in [3.8, 4) is 11.5 Å². The molecule has 4 rings (SSSR count). The Kier molecular flexibility index (Phi) is 2.97. The zero-order valence-corrected chi connectivity index (χ0v) is 12.8. The van der Waals surface area contributed by atoms with E-state index in [0.29, 0.717) is 18.3 Å². The number of rotatable bonds is 2. The van der Waals surface area contributed by atoms with Crippen molar-refractivity contribution in [1.29, 1.82) is 0 Å². The molecule has 114 valence electrons. The van der Waals surface area contributed by atoms with Crippen molar-refractivity contribution in [3.63, 3.8) is 0 Å². The number of ether oxygens (including phenoxy) is 1. The van der Waals surface area contributed by atoms with Crippen molar-refractivity contribution in [1.82, 2.24) is 24.7 Å². The maximum absolute atomic E-state index is 5.48. The van der Waals surface area contributed by atoms with Crippen LogP contribution in [0.5, 0.6) is 0 Å². The highest BCUT2D eigenvalue weighted by molar-refractivity contribution is 5.74. The van der Waals surface area contributed by atoms with E-state index in [2.05, 4.69) is 20.2 Å². The first-order valence-electron chi connectivity index (χ1n) is 7.39. The lowest BCUT2D eigenvalue weighted by molar-refractivity contribution is 0.192. The van der Waals surface area contributed by atoms with Crippen molar-refractivity contribution in [2.24, 2.45) is 0 Å². The molecule has 0 radical (unpaired) electrons. The van der Waals surface area contributed by atoms with Crippen LogP contribution in [0.4, 0.5) is 0 Å². The van der Waals surface area contributed by atoms with Crippen molar-refractivity contribution in [2.45, 2.75) is 33.1 Å².